The van der Waals surface area contributed by atoms with Gasteiger partial charge in [-0.2, -0.15) is 0 Å². The number of hydrogen-bond donors (Lipinski definition) is 0. The van der Waals surface area contributed by atoms with Crippen molar-refractivity contribution in [2.24, 2.45) is 0 Å². The smallest absolute Gasteiger partial charge is 0.136 e. The number of nitrogens with zero attached hydrogens (tertiary/aromatic N) is 1. The summed E-state index contributed by atoms with van der Waals surface area (Å²) in [5.74, 6) is 0. The second-order valence-electron chi connectivity index (χ2n) is 16.4. The molecule has 0 unspecified atom stereocenters. The lowest BCUT2D eigenvalue weighted by Crippen LogP contribution is -2.11. The number of fused-ring (bicyclic) bond motifs is 10. The zero-order valence-electron chi connectivity index (χ0n) is 34.1. The molecule has 294 valence electrons. The Kier molecular flexibility index (Phi) is 8.12. The normalized spacial score (nSPS) is 11.8. The van der Waals surface area contributed by atoms with Gasteiger partial charge in [-0.1, -0.05) is 158 Å². The van der Waals surface area contributed by atoms with E-state index in [0.29, 0.717) is 0 Å². The van der Waals surface area contributed by atoms with Crippen LogP contribution in [0.4, 0.5) is 17.1 Å². The maximum atomic E-state index is 6.45. The van der Waals surface area contributed by atoms with Gasteiger partial charge in [-0.25, -0.2) is 0 Å². The lowest BCUT2D eigenvalue weighted by Gasteiger charge is -2.28. The number of thiophene rings is 1. The van der Waals surface area contributed by atoms with Crippen LogP contribution in [0.15, 0.2) is 229 Å². The van der Waals surface area contributed by atoms with E-state index in [2.05, 4.69) is 229 Å². The molecule has 0 spiro atoms. The minimum absolute atomic E-state index is 0.888. The molecule has 0 aliphatic carbocycles. The summed E-state index contributed by atoms with van der Waals surface area (Å²) in [6.45, 7) is 0. The van der Waals surface area contributed by atoms with Crippen molar-refractivity contribution in [3.05, 3.63) is 224 Å². The van der Waals surface area contributed by atoms with Crippen molar-refractivity contribution < 1.29 is 4.42 Å². The summed E-state index contributed by atoms with van der Waals surface area (Å²) < 4.78 is 9.08. The Labute approximate surface area is 368 Å². The second kappa shape index (κ2) is 14.3. The van der Waals surface area contributed by atoms with Crippen LogP contribution in [-0.4, -0.2) is 0 Å². The summed E-state index contributed by atoms with van der Waals surface area (Å²) in [7, 11) is 0. The molecule has 0 saturated heterocycles. The third-order valence-electron chi connectivity index (χ3n) is 12.8. The number of rotatable bonds is 6. The van der Waals surface area contributed by atoms with E-state index < -0.39 is 0 Å². The maximum absolute atomic E-state index is 6.45. The SMILES string of the molecule is c1ccc(N(c2ccc(-c3cc4ccccc4c4ccccc34)cc2)c2ccc(-c3cccc4c3sc3ccccc34)cc2)c(-c2ccc3oc4cc5ccccc5cc4c3c2)c1. The summed E-state index contributed by atoms with van der Waals surface area (Å²) in [6.07, 6.45) is 0. The van der Waals surface area contributed by atoms with Crippen molar-refractivity contribution in [2.45, 2.75) is 0 Å². The molecule has 0 saturated carbocycles. The molecule has 0 amide bonds. The van der Waals surface area contributed by atoms with Gasteiger partial charge in [0.1, 0.15) is 11.2 Å². The molecule has 0 atom stereocenters. The number of para-hydroxylation sites is 1. The first-order valence-corrected chi connectivity index (χ1v) is 22.3. The summed E-state index contributed by atoms with van der Waals surface area (Å²) in [5.41, 5.74) is 12.2. The predicted molar refractivity (Wildman–Crippen MR) is 270 cm³/mol. The Bertz CT molecular complexity index is 3910. The molecule has 0 fully saturated rings. The molecule has 2 nitrogen and oxygen atoms in total. The van der Waals surface area contributed by atoms with Gasteiger partial charge in [0.25, 0.3) is 0 Å². The van der Waals surface area contributed by atoms with Crippen molar-refractivity contribution in [3.63, 3.8) is 0 Å². The Morgan fingerprint density at radius 2 is 0.889 bits per heavy atom. The van der Waals surface area contributed by atoms with Gasteiger partial charge in [-0.05, 0) is 127 Å². The highest BCUT2D eigenvalue weighted by molar-refractivity contribution is 7.26. The van der Waals surface area contributed by atoms with Crippen LogP contribution in [0.2, 0.25) is 0 Å². The largest absolute Gasteiger partial charge is 0.456 e. The van der Waals surface area contributed by atoms with E-state index in [1.54, 1.807) is 0 Å². The average Bonchev–Trinajstić information content (AvgIpc) is 3.91. The van der Waals surface area contributed by atoms with Crippen LogP contribution in [0, 0.1) is 0 Å². The van der Waals surface area contributed by atoms with Crippen LogP contribution >= 0.6 is 11.3 Å². The van der Waals surface area contributed by atoms with Crippen molar-refractivity contribution in [2.75, 3.05) is 4.90 Å². The minimum atomic E-state index is 0.888. The van der Waals surface area contributed by atoms with Crippen LogP contribution in [0.3, 0.4) is 0 Å². The third-order valence-corrected chi connectivity index (χ3v) is 14.1. The van der Waals surface area contributed by atoms with Crippen LogP contribution in [0.5, 0.6) is 0 Å². The molecule has 63 heavy (non-hydrogen) atoms. The van der Waals surface area contributed by atoms with Crippen molar-refractivity contribution in [3.8, 4) is 33.4 Å². The van der Waals surface area contributed by atoms with Gasteiger partial charge in [0.15, 0.2) is 0 Å². The Hall–Kier alpha value is -7.98. The van der Waals surface area contributed by atoms with Crippen molar-refractivity contribution in [1.29, 1.82) is 0 Å². The highest BCUT2D eigenvalue weighted by atomic mass is 32.1. The molecule has 2 aromatic heterocycles. The van der Waals surface area contributed by atoms with Gasteiger partial charge >= 0.3 is 0 Å². The number of furan rings is 1. The summed E-state index contributed by atoms with van der Waals surface area (Å²) in [4.78, 5) is 2.41. The molecule has 0 N–H and O–H groups in total. The molecule has 13 aromatic rings. The van der Waals surface area contributed by atoms with Gasteiger partial charge in [0.05, 0.1) is 5.69 Å². The monoisotopic (exact) mass is 819 g/mol. The van der Waals surface area contributed by atoms with Crippen LogP contribution in [0.1, 0.15) is 0 Å². The van der Waals surface area contributed by atoms with E-state index in [0.717, 1.165) is 50.1 Å². The molecule has 0 radical (unpaired) electrons. The zero-order valence-corrected chi connectivity index (χ0v) is 34.9. The lowest BCUT2D eigenvalue weighted by atomic mass is 9.93. The Balaban J connectivity index is 0.967. The van der Waals surface area contributed by atoms with E-state index in [1.807, 2.05) is 11.3 Å². The predicted octanol–water partition coefficient (Wildman–Crippen LogP) is 17.9. The van der Waals surface area contributed by atoms with Gasteiger partial charge in [-0.15, -0.1) is 11.3 Å². The fourth-order valence-electron chi connectivity index (χ4n) is 9.82. The highest BCUT2D eigenvalue weighted by Crippen LogP contribution is 2.45. The molecule has 13 rings (SSSR count). The third kappa shape index (κ3) is 5.85. The number of anilines is 3. The van der Waals surface area contributed by atoms with E-state index in [-0.39, 0.29) is 0 Å². The van der Waals surface area contributed by atoms with Crippen molar-refractivity contribution in [1.82, 2.24) is 0 Å². The fraction of sp³-hybridized carbons (Fsp3) is 0. The topological polar surface area (TPSA) is 16.4 Å². The van der Waals surface area contributed by atoms with Gasteiger partial charge in [0.2, 0.25) is 0 Å². The standard InChI is InChI=1S/C60H37NOS/c1-2-13-41-37-58-55(34-40(41)12-1)54-36-43(28-33-57(54)62-58)47-16-7-9-22-56(47)61(44-29-24-38(25-30-44)48-20-11-21-52-51-19-8-10-23-59(51)63-60(48)52)45-31-26-39(27-32-45)53-35-42-14-3-4-15-46(42)49-17-5-6-18-50(49)53/h1-37H. The Morgan fingerprint density at radius 3 is 1.68 bits per heavy atom. The quantitative estimate of drug-likeness (QED) is 0.155. The second-order valence-corrected chi connectivity index (χ2v) is 17.5. The fourth-order valence-corrected chi connectivity index (χ4v) is 11.1. The molecule has 0 aliphatic rings. The summed E-state index contributed by atoms with van der Waals surface area (Å²) >= 11 is 1.87. The zero-order chi connectivity index (χ0) is 41.4. The lowest BCUT2D eigenvalue weighted by molar-refractivity contribution is 0.669. The van der Waals surface area contributed by atoms with Gasteiger partial charge in [0, 0.05) is 47.9 Å². The first kappa shape index (κ1) is 35.7. The minimum Gasteiger partial charge on any atom is -0.456 e. The van der Waals surface area contributed by atoms with E-state index in [9.17, 15) is 0 Å². The highest BCUT2D eigenvalue weighted by Gasteiger charge is 2.20. The molecular formula is C60H37NOS. The number of hydrogen-bond acceptors (Lipinski definition) is 3. The molecule has 0 aliphatic heterocycles. The molecule has 0 bridgehead atoms. The Morgan fingerprint density at radius 1 is 0.317 bits per heavy atom. The van der Waals surface area contributed by atoms with E-state index >= 15 is 0 Å². The van der Waals surface area contributed by atoms with Crippen molar-refractivity contribution >= 4 is 103 Å². The first-order chi connectivity index (χ1) is 31.2. The van der Waals surface area contributed by atoms with Crippen LogP contribution in [-0.2, 0) is 0 Å². The van der Waals surface area contributed by atoms with Gasteiger partial charge < -0.3 is 9.32 Å². The maximum Gasteiger partial charge on any atom is 0.136 e. The molecule has 3 heteroatoms. The summed E-state index contributed by atoms with van der Waals surface area (Å²) in [5, 5.41) is 12.3. The summed E-state index contributed by atoms with van der Waals surface area (Å²) in [6, 6.07) is 81.8. The van der Waals surface area contributed by atoms with Crippen LogP contribution < -0.4 is 4.90 Å². The van der Waals surface area contributed by atoms with Crippen LogP contribution in [0.25, 0.3) is 108 Å². The number of benzene rings is 11. The molecule has 11 aromatic carbocycles. The average molecular weight is 820 g/mol. The molecular weight excluding hydrogens is 783 g/mol. The van der Waals surface area contributed by atoms with Gasteiger partial charge in [-0.3, -0.25) is 0 Å². The molecule has 2 heterocycles. The van der Waals surface area contributed by atoms with E-state index in [1.165, 1.54) is 74.7 Å². The first-order valence-electron chi connectivity index (χ1n) is 21.5. The van der Waals surface area contributed by atoms with E-state index in [4.69, 9.17) is 4.42 Å².